The van der Waals surface area contributed by atoms with Crippen molar-refractivity contribution in [2.45, 2.75) is 63.4 Å². The number of hydrogen-bond acceptors (Lipinski definition) is 13. The van der Waals surface area contributed by atoms with Gasteiger partial charge in [0.15, 0.2) is 23.6 Å². The summed E-state index contributed by atoms with van der Waals surface area (Å²) in [7, 11) is -4.62. The molecule has 2 aromatic heterocycles. The molecule has 19 nitrogen and oxygen atoms in total. The van der Waals surface area contributed by atoms with Gasteiger partial charge in [0.1, 0.15) is 31.4 Å². The minimum Gasteiger partial charge on any atom is -0.460 e. The van der Waals surface area contributed by atoms with Crippen LogP contribution < -0.4 is 21.5 Å². The molecule has 0 saturated carbocycles. The number of halogens is 1. The number of imidazole rings is 1. The van der Waals surface area contributed by atoms with Crippen molar-refractivity contribution in [2.75, 3.05) is 12.3 Å². The molecule has 6 atom stereocenters. The first-order chi connectivity index (χ1) is 24.3. The van der Waals surface area contributed by atoms with Gasteiger partial charge in [-0.1, -0.05) is 65.8 Å². The van der Waals surface area contributed by atoms with Crippen molar-refractivity contribution in [3.8, 4) is 0 Å². The molecule has 21 heteroatoms. The average Bonchev–Trinajstić information content (AvgIpc) is 3.64. The maximum Gasteiger partial charge on any atom is 0.342 e. The fraction of sp³-hybridized carbons (Fsp3) is 0.367. The SMILES string of the molecule is C[C@H](NP(=O)(N[C@@H](C)C(=O)OCc1ccccc1)OC[C@@]1(N=[N+]=[N-])O[C@@H](n2cnc3c(=O)[nH]c(N)nc32)[C@H](F)[C@@H]1O)C(=O)OCc1ccccc1. The first-order valence-electron chi connectivity index (χ1n) is 15.3. The molecule has 4 aromatic rings. The maximum atomic E-state index is 15.8. The Hall–Kier alpha value is -5.20. The number of aliphatic hydroxyl groups is 1. The molecule has 0 spiro atoms. The van der Waals surface area contributed by atoms with Crippen molar-refractivity contribution in [1.29, 1.82) is 0 Å². The lowest BCUT2D eigenvalue weighted by Gasteiger charge is -2.31. The third kappa shape index (κ3) is 8.58. The van der Waals surface area contributed by atoms with Crippen LogP contribution in [0.15, 0.2) is 76.9 Å². The Morgan fingerprint density at radius 2 is 1.67 bits per heavy atom. The maximum absolute atomic E-state index is 15.8. The van der Waals surface area contributed by atoms with Crippen LogP contribution in [0.5, 0.6) is 0 Å². The topological polar surface area (TPSA) is 271 Å². The Balaban J connectivity index is 1.37. The molecule has 0 unspecified atom stereocenters. The molecule has 1 aliphatic heterocycles. The number of hydrogen-bond donors (Lipinski definition) is 5. The second kappa shape index (κ2) is 15.8. The van der Waals surface area contributed by atoms with E-state index in [0.717, 1.165) is 10.9 Å². The van der Waals surface area contributed by atoms with E-state index in [1.807, 2.05) is 0 Å². The van der Waals surface area contributed by atoms with Gasteiger partial charge in [-0.15, -0.1) is 0 Å². The molecule has 3 heterocycles. The van der Waals surface area contributed by atoms with Crippen LogP contribution >= 0.6 is 7.67 Å². The number of nitrogen functional groups attached to an aromatic ring is 1. The molecule has 1 aliphatic rings. The van der Waals surface area contributed by atoms with Crippen LogP contribution in [0, 0.1) is 0 Å². The fourth-order valence-corrected chi connectivity index (χ4v) is 6.83. The van der Waals surface area contributed by atoms with E-state index < -0.39 is 68.1 Å². The number of esters is 2. The predicted molar refractivity (Wildman–Crippen MR) is 177 cm³/mol. The summed E-state index contributed by atoms with van der Waals surface area (Å²) in [6, 6.07) is 14.8. The standard InChI is InChI=1S/C30H34FN10O9P/c1-17(27(44)47-13-19-9-5-3-6-10-19)37-51(46,38-18(2)28(45)48-14-20-11-7-4-8-12-20)49-15-30(39-40-33)23(42)21(31)26(50-30)41-16-34-22-24(41)35-29(32)36-25(22)43/h3-12,16-18,21,23,26,42H,13-15H2,1-2H3,(H2,37,38,46)(H3,32,35,36,43)/t17-,18-,21+,23-,26+,30+/m0/s1. The van der Waals surface area contributed by atoms with Crippen LogP contribution in [0.4, 0.5) is 10.3 Å². The summed E-state index contributed by atoms with van der Waals surface area (Å²) in [4.78, 5) is 50.9. The largest absolute Gasteiger partial charge is 0.460 e. The number of aromatic amines is 1. The number of H-pyrrole nitrogens is 1. The van der Waals surface area contributed by atoms with Crippen molar-refractivity contribution in [2.24, 2.45) is 5.11 Å². The minimum atomic E-state index is -4.62. The smallest absolute Gasteiger partial charge is 0.342 e. The first kappa shape index (κ1) is 37.1. The number of ether oxygens (including phenoxy) is 3. The lowest BCUT2D eigenvalue weighted by atomic mass is 10.1. The van der Waals surface area contributed by atoms with Crippen LogP contribution in [0.25, 0.3) is 21.6 Å². The van der Waals surface area contributed by atoms with E-state index in [1.165, 1.54) is 13.8 Å². The Kier molecular flexibility index (Phi) is 11.5. The van der Waals surface area contributed by atoms with Crippen LogP contribution in [0.3, 0.4) is 0 Å². The number of fused-ring (bicyclic) bond motifs is 1. The molecule has 0 radical (unpaired) electrons. The number of aliphatic hydroxyl groups excluding tert-OH is 1. The van der Waals surface area contributed by atoms with Gasteiger partial charge in [-0.3, -0.25) is 28.5 Å². The summed E-state index contributed by atoms with van der Waals surface area (Å²) < 4.78 is 53.1. The number of aromatic nitrogens is 4. The zero-order chi connectivity index (χ0) is 36.8. The zero-order valence-electron chi connectivity index (χ0n) is 27.2. The molecule has 51 heavy (non-hydrogen) atoms. The van der Waals surface area contributed by atoms with Crippen LogP contribution in [0.1, 0.15) is 31.2 Å². The second-order valence-electron chi connectivity index (χ2n) is 11.4. The number of nitrogens with one attached hydrogen (secondary N) is 3. The number of carbonyl (C=O) groups excluding carboxylic acids is 2. The van der Waals surface area contributed by atoms with E-state index in [0.29, 0.717) is 11.1 Å². The van der Waals surface area contributed by atoms with E-state index in [-0.39, 0.29) is 30.3 Å². The monoisotopic (exact) mass is 728 g/mol. The molecule has 270 valence electrons. The highest BCUT2D eigenvalue weighted by Gasteiger charge is 2.57. The van der Waals surface area contributed by atoms with Crippen molar-refractivity contribution < 1.29 is 42.4 Å². The van der Waals surface area contributed by atoms with Crippen molar-refractivity contribution in [1.82, 2.24) is 29.7 Å². The van der Waals surface area contributed by atoms with Crippen LogP contribution in [-0.2, 0) is 46.1 Å². The fourth-order valence-electron chi connectivity index (χ4n) is 5.01. The van der Waals surface area contributed by atoms with Gasteiger partial charge in [-0.25, -0.2) is 19.5 Å². The summed E-state index contributed by atoms with van der Waals surface area (Å²) in [6.07, 6.45) is -5.39. The number of anilines is 1. The highest BCUT2D eigenvalue weighted by Crippen LogP contribution is 2.46. The van der Waals surface area contributed by atoms with Crippen molar-refractivity contribution in [3.05, 3.63) is 98.9 Å². The van der Waals surface area contributed by atoms with Crippen molar-refractivity contribution >= 4 is 36.7 Å². The normalized spacial score (nSPS) is 21.5. The number of nitrogens with zero attached hydrogens (tertiary/aromatic N) is 6. The molecule has 0 aliphatic carbocycles. The van der Waals surface area contributed by atoms with E-state index in [1.54, 1.807) is 60.7 Å². The quantitative estimate of drug-likeness (QED) is 0.0387. The van der Waals surface area contributed by atoms with Gasteiger partial charge in [-0.2, -0.15) is 4.98 Å². The molecule has 0 bridgehead atoms. The first-order valence-corrected chi connectivity index (χ1v) is 17.0. The zero-order valence-corrected chi connectivity index (χ0v) is 28.1. The summed E-state index contributed by atoms with van der Waals surface area (Å²) >= 11 is 0. The minimum absolute atomic E-state index is 0.110. The Labute approximate surface area is 288 Å². The molecule has 6 N–H and O–H groups in total. The van der Waals surface area contributed by atoms with Gasteiger partial charge < -0.3 is 29.6 Å². The Bertz CT molecular complexity index is 1950. The Morgan fingerprint density at radius 3 is 2.20 bits per heavy atom. The summed E-state index contributed by atoms with van der Waals surface area (Å²) in [5.41, 5.74) is 12.6. The van der Waals surface area contributed by atoms with E-state index >= 15 is 4.39 Å². The van der Waals surface area contributed by atoms with Crippen LogP contribution in [-0.4, -0.2) is 73.3 Å². The number of rotatable bonds is 15. The van der Waals surface area contributed by atoms with E-state index in [2.05, 4.69) is 35.2 Å². The number of nitrogens with two attached hydrogens (primary N) is 1. The Morgan fingerprint density at radius 1 is 1.12 bits per heavy atom. The summed E-state index contributed by atoms with van der Waals surface area (Å²) in [5, 5.41) is 19.4. The molecule has 5 rings (SSSR count). The summed E-state index contributed by atoms with van der Waals surface area (Å²) in [6.45, 7) is 1.31. The molecular formula is C30H34FN10O9P. The van der Waals surface area contributed by atoms with Crippen LogP contribution in [0.2, 0.25) is 0 Å². The number of carbonyl (C=O) groups is 2. The molecule has 1 fully saturated rings. The third-order valence-electron chi connectivity index (χ3n) is 7.64. The highest BCUT2D eigenvalue weighted by molar-refractivity contribution is 7.54. The molecule has 2 aromatic carbocycles. The number of azide groups is 1. The third-order valence-corrected chi connectivity index (χ3v) is 9.58. The van der Waals surface area contributed by atoms with Gasteiger partial charge in [0.05, 0.1) is 12.9 Å². The highest BCUT2D eigenvalue weighted by atomic mass is 31.2. The lowest BCUT2D eigenvalue weighted by Crippen LogP contribution is -2.47. The van der Waals surface area contributed by atoms with E-state index in [9.17, 15) is 29.6 Å². The number of benzene rings is 2. The van der Waals surface area contributed by atoms with E-state index in [4.69, 9.17) is 24.5 Å². The molecule has 0 amide bonds. The van der Waals surface area contributed by atoms with Gasteiger partial charge in [0, 0.05) is 4.91 Å². The average molecular weight is 729 g/mol. The predicted octanol–water partition coefficient (Wildman–Crippen LogP) is 2.50. The van der Waals surface area contributed by atoms with Gasteiger partial charge in [0.2, 0.25) is 11.7 Å². The molecule has 1 saturated heterocycles. The summed E-state index contributed by atoms with van der Waals surface area (Å²) in [5.74, 6) is -2.04. The molecular weight excluding hydrogens is 694 g/mol. The van der Waals surface area contributed by atoms with Crippen molar-refractivity contribution in [3.63, 3.8) is 0 Å². The lowest BCUT2D eigenvalue weighted by molar-refractivity contribution is -0.147. The van der Waals surface area contributed by atoms with Gasteiger partial charge in [-0.05, 0) is 30.5 Å². The number of alkyl halides is 1. The van der Waals surface area contributed by atoms with Gasteiger partial charge >= 0.3 is 19.6 Å². The second-order valence-corrected chi connectivity index (χ2v) is 13.3. The van der Waals surface area contributed by atoms with Gasteiger partial charge in [0.25, 0.3) is 5.56 Å².